The first-order valence-corrected chi connectivity index (χ1v) is 7.88. The summed E-state index contributed by atoms with van der Waals surface area (Å²) in [5.74, 6) is -0.315. The van der Waals surface area contributed by atoms with Crippen molar-refractivity contribution < 1.29 is 9.53 Å². The summed E-state index contributed by atoms with van der Waals surface area (Å²) >= 11 is 6.29. The van der Waals surface area contributed by atoms with Crippen LogP contribution < -0.4 is 5.32 Å². The number of halogens is 1. The average molecular weight is 309 g/mol. The molecule has 0 aromatic heterocycles. The Kier molecular flexibility index (Phi) is 4.48. The number of fused-ring (bicyclic) bond motifs is 2. The van der Waals surface area contributed by atoms with Gasteiger partial charge in [0.1, 0.15) is 0 Å². The number of hydrogen-bond acceptors (Lipinski definition) is 4. The molecule has 1 aromatic rings. The molecule has 3 rings (SSSR count). The minimum Gasteiger partial charge on any atom is -0.465 e. The summed E-state index contributed by atoms with van der Waals surface area (Å²) in [5, 5.41) is 4.39. The molecule has 1 N–H and O–H groups in total. The van der Waals surface area contributed by atoms with Crippen LogP contribution in [0.15, 0.2) is 18.2 Å². The van der Waals surface area contributed by atoms with Gasteiger partial charge in [-0.2, -0.15) is 0 Å². The molecule has 2 unspecified atom stereocenters. The SMILES string of the molecule is COC(=O)c1ccc(Cl)c(CN2CC3CCCC(C2)N3)c1. The van der Waals surface area contributed by atoms with Crippen molar-refractivity contribution >= 4 is 17.6 Å². The standard InChI is InChI=1S/C16H21ClN2O2/c1-21-16(20)11-5-6-15(17)12(7-11)8-19-9-13-3-2-4-14(10-19)18-13/h5-7,13-14,18H,2-4,8-10H2,1H3. The van der Waals surface area contributed by atoms with Crippen molar-refractivity contribution in [3.63, 3.8) is 0 Å². The minimum absolute atomic E-state index is 0.315. The Bertz CT molecular complexity index is 523. The molecule has 2 saturated heterocycles. The summed E-state index contributed by atoms with van der Waals surface area (Å²) in [6.45, 7) is 2.89. The highest BCUT2D eigenvalue weighted by atomic mass is 35.5. The molecule has 2 heterocycles. The van der Waals surface area contributed by atoms with E-state index in [0.717, 1.165) is 25.2 Å². The molecule has 0 saturated carbocycles. The predicted octanol–water partition coefficient (Wildman–Crippen LogP) is 2.45. The fourth-order valence-electron chi connectivity index (χ4n) is 3.41. The van der Waals surface area contributed by atoms with Crippen LogP contribution in [0, 0.1) is 0 Å². The van der Waals surface area contributed by atoms with Gasteiger partial charge in [0, 0.05) is 36.7 Å². The van der Waals surface area contributed by atoms with Crippen LogP contribution in [0.4, 0.5) is 0 Å². The molecule has 2 bridgehead atoms. The summed E-state index contributed by atoms with van der Waals surface area (Å²) in [7, 11) is 1.40. The van der Waals surface area contributed by atoms with Crippen molar-refractivity contribution in [3.8, 4) is 0 Å². The third kappa shape index (κ3) is 3.39. The number of nitrogens with one attached hydrogen (secondary N) is 1. The van der Waals surface area contributed by atoms with Crippen molar-refractivity contribution in [3.05, 3.63) is 34.3 Å². The van der Waals surface area contributed by atoms with Crippen LogP contribution in [-0.2, 0) is 11.3 Å². The van der Waals surface area contributed by atoms with Crippen molar-refractivity contribution in [2.45, 2.75) is 37.9 Å². The first-order chi connectivity index (χ1) is 10.2. The van der Waals surface area contributed by atoms with Crippen LogP contribution in [0.3, 0.4) is 0 Å². The molecule has 0 aliphatic carbocycles. The Balaban J connectivity index is 1.73. The number of hydrogen-bond donors (Lipinski definition) is 1. The molecule has 2 fully saturated rings. The smallest absolute Gasteiger partial charge is 0.337 e. The van der Waals surface area contributed by atoms with Gasteiger partial charge in [-0.15, -0.1) is 0 Å². The van der Waals surface area contributed by atoms with Gasteiger partial charge in [-0.1, -0.05) is 18.0 Å². The highest BCUT2D eigenvalue weighted by Gasteiger charge is 2.29. The summed E-state index contributed by atoms with van der Waals surface area (Å²) in [4.78, 5) is 14.1. The number of likely N-dealkylation sites (tertiary alicyclic amines) is 1. The summed E-state index contributed by atoms with van der Waals surface area (Å²) in [6.07, 6.45) is 3.83. The molecular weight excluding hydrogens is 288 g/mol. The van der Waals surface area contributed by atoms with E-state index in [0.29, 0.717) is 22.7 Å². The molecule has 2 atom stereocenters. The van der Waals surface area contributed by atoms with E-state index in [2.05, 4.69) is 10.2 Å². The van der Waals surface area contributed by atoms with E-state index in [1.807, 2.05) is 6.07 Å². The lowest BCUT2D eigenvalue weighted by molar-refractivity contribution is 0.0600. The van der Waals surface area contributed by atoms with Crippen LogP contribution >= 0.6 is 11.6 Å². The number of carbonyl (C=O) groups excluding carboxylic acids is 1. The summed E-state index contributed by atoms with van der Waals surface area (Å²) in [6, 6.07) is 6.54. The van der Waals surface area contributed by atoms with E-state index in [1.165, 1.54) is 26.4 Å². The van der Waals surface area contributed by atoms with E-state index in [9.17, 15) is 4.79 Å². The molecule has 0 radical (unpaired) electrons. The molecule has 5 heteroatoms. The molecule has 1 aromatic carbocycles. The van der Waals surface area contributed by atoms with Gasteiger partial charge >= 0.3 is 5.97 Å². The monoisotopic (exact) mass is 308 g/mol. The lowest BCUT2D eigenvalue weighted by Crippen LogP contribution is -2.58. The van der Waals surface area contributed by atoms with Gasteiger partial charge in [0.15, 0.2) is 0 Å². The average Bonchev–Trinajstić information content (AvgIpc) is 2.48. The molecule has 2 aliphatic heterocycles. The largest absolute Gasteiger partial charge is 0.465 e. The van der Waals surface area contributed by atoms with Gasteiger partial charge < -0.3 is 10.1 Å². The topological polar surface area (TPSA) is 41.6 Å². The van der Waals surface area contributed by atoms with E-state index in [4.69, 9.17) is 16.3 Å². The van der Waals surface area contributed by atoms with Gasteiger partial charge in [0.05, 0.1) is 12.7 Å². The lowest BCUT2D eigenvalue weighted by Gasteiger charge is -2.42. The van der Waals surface area contributed by atoms with Crippen molar-refractivity contribution in [1.82, 2.24) is 10.2 Å². The second-order valence-electron chi connectivity index (χ2n) is 5.98. The first-order valence-electron chi connectivity index (χ1n) is 7.51. The second-order valence-corrected chi connectivity index (χ2v) is 6.39. The number of rotatable bonds is 3. The Morgan fingerprint density at radius 2 is 2.10 bits per heavy atom. The highest BCUT2D eigenvalue weighted by Crippen LogP contribution is 2.24. The third-order valence-electron chi connectivity index (χ3n) is 4.39. The van der Waals surface area contributed by atoms with Crippen LogP contribution in [0.2, 0.25) is 5.02 Å². The number of esters is 1. The first kappa shape index (κ1) is 14.8. The molecule has 0 amide bonds. The van der Waals surface area contributed by atoms with Crippen molar-refractivity contribution in [2.75, 3.05) is 20.2 Å². The van der Waals surface area contributed by atoms with E-state index < -0.39 is 0 Å². The van der Waals surface area contributed by atoms with Crippen LogP contribution in [0.1, 0.15) is 35.2 Å². The van der Waals surface area contributed by atoms with Gasteiger partial charge in [0.2, 0.25) is 0 Å². The normalized spacial score (nSPS) is 25.6. The van der Waals surface area contributed by atoms with Gasteiger partial charge in [-0.3, -0.25) is 4.90 Å². The Labute approximate surface area is 130 Å². The van der Waals surface area contributed by atoms with Gasteiger partial charge in [-0.25, -0.2) is 4.79 Å². The lowest BCUT2D eigenvalue weighted by atomic mass is 9.94. The highest BCUT2D eigenvalue weighted by molar-refractivity contribution is 6.31. The molecular formula is C16H21ClN2O2. The third-order valence-corrected chi connectivity index (χ3v) is 4.76. The van der Waals surface area contributed by atoms with Crippen LogP contribution in [-0.4, -0.2) is 43.2 Å². The minimum atomic E-state index is -0.315. The fraction of sp³-hybridized carbons (Fsp3) is 0.562. The van der Waals surface area contributed by atoms with Crippen molar-refractivity contribution in [1.29, 1.82) is 0 Å². The van der Waals surface area contributed by atoms with E-state index >= 15 is 0 Å². The Hall–Kier alpha value is -1.10. The second kappa shape index (κ2) is 6.34. The number of piperazine rings is 1. The van der Waals surface area contributed by atoms with Crippen LogP contribution in [0.25, 0.3) is 0 Å². The van der Waals surface area contributed by atoms with Crippen LogP contribution in [0.5, 0.6) is 0 Å². The van der Waals surface area contributed by atoms with E-state index in [1.54, 1.807) is 12.1 Å². The maximum Gasteiger partial charge on any atom is 0.337 e. The molecule has 114 valence electrons. The Morgan fingerprint density at radius 3 is 2.76 bits per heavy atom. The molecule has 4 nitrogen and oxygen atoms in total. The summed E-state index contributed by atoms with van der Waals surface area (Å²) < 4.78 is 4.78. The molecule has 0 spiro atoms. The van der Waals surface area contributed by atoms with Crippen molar-refractivity contribution in [2.24, 2.45) is 0 Å². The quantitative estimate of drug-likeness (QED) is 0.871. The summed E-state index contributed by atoms with van der Waals surface area (Å²) in [5.41, 5.74) is 1.56. The number of nitrogens with zero attached hydrogens (tertiary/aromatic N) is 1. The Morgan fingerprint density at radius 1 is 1.38 bits per heavy atom. The van der Waals surface area contributed by atoms with Gasteiger partial charge in [-0.05, 0) is 36.6 Å². The zero-order chi connectivity index (χ0) is 14.8. The number of benzene rings is 1. The van der Waals surface area contributed by atoms with E-state index in [-0.39, 0.29) is 5.97 Å². The number of methoxy groups -OCH3 is 1. The maximum absolute atomic E-state index is 11.6. The number of carbonyl (C=O) groups is 1. The van der Waals surface area contributed by atoms with Gasteiger partial charge in [0.25, 0.3) is 0 Å². The predicted molar refractivity (Wildman–Crippen MR) is 82.6 cm³/mol. The fourth-order valence-corrected chi connectivity index (χ4v) is 3.58. The number of piperidine rings is 1. The molecule has 2 aliphatic rings. The zero-order valence-electron chi connectivity index (χ0n) is 12.3. The zero-order valence-corrected chi connectivity index (χ0v) is 13.0. The maximum atomic E-state index is 11.6. The number of ether oxygens (including phenoxy) is 1. The molecule has 21 heavy (non-hydrogen) atoms.